The van der Waals surface area contributed by atoms with E-state index in [9.17, 15) is 21.6 Å². The number of piperazine rings is 1. The van der Waals surface area contributed by atoms with E-state index in [1.807, 2.05) is 49.2 Å². The number of hydrogen-bond donors (Lipinski definition) is 0. The predicted molar refractivity (Wildman–Crippen MR) is 112 cm³/mol. The van der Waals surface area contributed by atoms with Gasteiger partial charge in [-0.2, -0.15) is 4.31 Å². The Morgan fingerprint density at radius 2 is 1.79 bits per heavy atom. The molecule has 10 heteroatoms. The molecular weight excluding hydrogens is 414 g/mol. The Morgan fingerprint density at radius 3 is 2.31 bits per heavy atom. The fourth-order valence-corrected chi connectivity index (χ4v) is 8.46. The van der Waals surface area contributed by atoms with E-state index >= 15 is 0 Å². The molecule has 8 nitrogen and oxygen atoms in total. The van der Waals surface area contributed by atoms with Gasteiger partial charge in [-0.05, 0) is 25.6 Å². The zero-order valence-corrected chi connectivity index (χ0v) is 18.5. The summed E-state index contributed by atoms with van der Waals surface area (Å²) in [7, 11) is -5.04. The first-order valence-corrected chi connectivity index (χ1v) is 13.2. The average Bonchev–Trinajstić information content (AvgIpc) is 3.09. The van der Waals surface area contributed by atoms with Crippen molar-refractivity contribution in [3.05, 3.63) is 35.9 Å². The van der Waals surface area contributed by atoms with Crippen LogP contribution in [0.25, 0.3) is 0 Å². The molecule has 0 aromatic heterocycles. The summed E-state index contributed by atoms with van der Waals surface area (Å²) in [5.74, 6) is -0.412. The average molecular weight is 444 g/mol. The highest BCUT2D eigenvalue weighted by Gasteiger charge is 2.42. The van der Waals surface area contributed by atoms with Crippen LogP contribution in [-0.4, -0.2) is 93.4 Å². The van der Waals surface area contributed by atoms with E-state index in [-0.39, 0.29) is 36.9 Å². The van der Waals surface area contributed by atoms with E-state index in [0.29, 0.717) is 19.6 Å². The van der Waals surface area contributed by atoms with Crippen LogP contribution in [0.5, 0.6) is 0 Å². The molecule has 29 heavy (non-hydrogen) atoms. The third kappa shape index (κ3) is 4.82. The standard InChI is InChI=1S/C19H29N3O5S2/c1-3-20(2)18(16-7-5-4-6-8-16)19(23)21-10-12-22(13-11-21)29(26,27)17-9-14-28(24,25)15-17/h4-8,17-18H,3,9-15H2,1-2H3. The smallest absolute Gasteiger partial charge is 0.244 e. The number of benzene rings is 1. The summed E-state index contributed by atoms with van der Waals surface area (Å²) in [5, 5.41) is -0.863. The van der Waals surface area contributed by atoms with Crippen LogP contribution in [-0.2, 0) is 24.7 Å². The maximum absolute atomic E-state index is 13.2. The van der Waals surface area contributed by atoms with Crippen molar-refractivity contribution in [3.63, 3.8) is 0 Å². The van der Waals surface area contributed by atoms with Gasteiger partial charge in [0, 0.05) is 26.2 Å². The number of hydrogen-bond acceptors (Lipinski definition) is 6. The summed E-state index contributed by atoms with van der Waals surface area (Å²) in [6, 6.07) is 9.15. The second-order valence-corrected chi connectivity index (χ2v) is 12.1. The highest BCUT2D eigenvalue weighted by Crippen LogP contribution is 2.25. The van der Waals surface area contributed by atoms with Crippen LogP contribution in [0.1, 0.15) is 24.9 Å². The molecule has 1 amide bonds. The lowest BCUT2D eigenvalue weighted by Crippen LogP contribution is -2.54. The van der Waals surface area contributed by atoms with Gasteiger partial charge in [-0.25, -0.2) is 16.8 Å². The Balaban J connectivity index is 1.68. The molecule has 2 saturated heterocycles. The topological polar surface area (TPSA) is 95.1 Å². The first kappa shape index (κ1) is 22.2. The van der Waals surface area contributed by atoms with Gasteiger partial charge in [-0.15, -0.1) is 0 Å². The Labute approximate surface area is 173 Å². The van der Waals surface area contributed by atoms with Crippen molar-refractivity contribution < 1.29 is 21.6 Å². The molecule has 2 aliphatic heterocycles. The van der Waals surface area contributed by atoms with Gasteiger partial charge < -0.3 is 4.90 Å². The molecule has 2 unspecified atom stereocenters. The van der Waals surface area contributed by atoms with Gasteiger partial charge in [-0.3, -0.25) is 9.69 Å². The molecule has 0 spiro atoms. The van der Waals surface area contributed by atoms with Crippen molar-refractivity contribution in [2.75, 3.05) is 51.3 Å². The first-order chi connectivity index (χ1) is 13.7. The third-order valence-electron chi connectivity index (χ3n) is 5.81. The fraction of sp³-hybridized carbons (Fsp3) is 0.632. The lowest BCUT2D eigenvalue weighted by Gasteiger charge is -2.38. The minimum absolute atomic E-state index is 0.0407. The van der Waals surface area contributed by atoms with Gasteiger partial charge in [0.1, 0.15) is 6.04 Å². The molecule has 1 aromatic carbocycles. The molecule has 3 rings (SSSR count). The number of sulfonamides is 1. The van der Waals surface area contributed by atoms with Gasteiger partial charge >= 0.3 is 0 Å². The molecule has 2 atom stereocenters. The number of carbonyl (C=O) groups excluding carboxylic acids is 1. The van der Waals surface area contributed by atoms with Crippen molar-refractivity contribution in [1.82, 2.24) is 14.1 Å². The highest BCUT2D eigenvalue weighted by molar-refractivity contribution is 7.95. The molecule has 0 bridgehead atoms. The zero-order valence-electron chi connectivity index (χ0n) is 16.9. The SMILES string of the molecule is CCN(C)C(C(=O)N1CCN(S(=O)(=O)C2CCS(=O)(=O)C2)CC1)c1ccccc1. The van der Waals surface area contributed by atoms with Crippen molar-refractivity contribution >= 4 is 25.8 Å². The molecule has 0 aliphatic carbocycles. The van der Waals surface area contributed by atoms with E-state index in [1.54, 1.807) is 4.90 Å². The van der Waals surface area contributed by atoms with Gasteiger partial charge in [-0.1, -0.05) is 37.3 Å². The maximum Gasteiger partial charge on any atom is 0.244 e. The van der Waals surface area contributed by atoms with Crippen LogP contribution < -0.4 is 0 Å². The summed E-state index contributed by atoms with van der Waals surface area (Å²) in [5.41, 5.74) is 0.910. The Hall–Kier alpha value is -1.49. The minimum Gasteiger partial charge on any atom is -0.338 e. The highest BCUT2D eigenvalue weighted by atomic mass is 32.2. The normalized spacial score (nSPS) is 24.0. The molecule has 2 heterocycles. The number of nitrogens with zero attached hydrogens (tertiary/aromatic N) is 3. The van der Waals surface area contributed by atoms with Crippen LogP contribution >= 0.6 is 0 Å². The quantitative estimate of drug-likeness (QED) is 0.629. The van der Waals surface area contributed by atoms with E-state index in [2.05, 4.69) is 0 Å². The van der Waals surface area contributed by atoms with Crippen molar-refractivity contribution in [1.29, 1.82) is 0 Å². The second kappa shape index (κ2) is 8.71. The second-order valence-electron chi connectivity index (χ2n) is 7.68. The molecule has 2 aliphatic rings. The molecule has 0 N–H and O–H groups in total. The zero-order chi connectivity index (χ0) is 21.2. The summed E-state index contributed by atoms with van der Waals surface area (Å²) in [6.07, 6.45) is 0.154. The largest absolute Gasteiger partial charge is 0.338 e. The van der Waals surface area contributed by atoms with E-state index in [1.165, 1.54) is 4.31 Å². The lowest BCUT2D eigenvalue weighted by atomic mass is 10.0. The molecule has 162 valence electrons. The number of amides is 1. The van der Waals surface area contributed by atoms with Crippen LogP contribution in [0.2, 0.25) is 0 Å². The molecule has 2 fully saturated rings. The number of sulfone groups is 1. The molecule has 1 aromatic rings. The number of likely N-dealkylation sites (N-methyl/N-ethyl adjacent to an activating group) is 1. The maximum atomic E-state index is 13.2. The van der Waals surface area contributed by atoms with Crippen LogP contribution in [0, 0.1) is 0 Å². The fourth-order valence-electron chi connectivity index (χ4n) is 3.95. The van der Waals surface area contributed by atoms with Crippen molar-refractivity contribution in [2.45, 2.75) is 24.6 Å². The van der Waals surface area contributed by atoms with Gasteiger partial charge in [0.05, 0.1) is 16.8 Å². The predicted octanol–water partition coefficient (Wildman–Crippen LogP) is 0.341. The summed E-state index contributed by atoms with van der Waals surface area (Å²) in [4.78, 5) is 16.9. The summed E-state index contributed by atoms with van der Waals surface area (Å²) in [6.45, 7) is 3.69. The monoisotopic (exact) mass is 443 g/mol. The Morgan fingerprint density at radius 1 is 1.17 bits per heavy atom. The van der Waals surface area contributed by atoms with E-state index < -0.39 is 31.2 Å². The third-order valence-corrected chi connectivity index (χ3v) is 10.1. The summed E-state index contributed by atoms with van der Waals surface area (Å²) >= 11 is 0. The Bertz CT molecular complexity index is 926. The van der Waals surface area contributed by atoms with Crippen molar-refractivity contribution in [3.8, 4) is 0 Å². The lowest BCUT2D eigenvalue weighted by molar-refractivity contribution is -0.138. The van der Waals surface area contributed by atoms with Crippen LogP contribution in [0.3, 0.4) is 0 Å². The molecule has 0 saturated carbocycles. The minimum atomic E-state index is -3.67. The van der Waals surface area contributed by atoms with Gasteiger partial charge in [0.2, 0.25) is 15.9 Å². The molecule has 0 radical (unpaired) electrons. The Kier molecular flexibility index (Phi) is 6.67. The van der Waals surface area contributed by atoms with E-state index in [0.717, 1.165) is 5.56 Å². The molecular formula is C19H29N3O5S2. The van der Waals surface area contributed by atoms with Gasteiger partial charge in [0.25, 0.3) is 0 Å². The summed E-state index contributed by atoms with van der Waals surface area (Å²) < 4.78 is 50.3. The first-order valence-electron chi connectivity index (χ1n) is 9.89. The number of rotatable bonds is 6. The van der Waals surface area contributed by atoms with Crippen molar-refractivity contribution in [2.24, 2.45) is 0 Å². The van der Waals surface area contributed by atoms with E-state index in [4.69, 9.17) is 0 Å². The number of carbonyl (C=O) groups is 1. The van der Waals surface area contributed by atoms with Gasteiger partial charge in [0.15, 0.2) is 9.84 Å². The van der Waals surface area contributed by atoms with Crippen LogP contribution in [0.15, 0.2) is 30.3 Å². The van der Waals surface area contributed by atoms with Crippen LogP contribution in [0.4, 0.5) is 0 Å².